The Hall–Kier alpha value is -6.39. The van der Waals surface area contributed by atoms with Gasteiger partial charge in [-0.2, -0.15) is 4.39 Å². The van der Waals surface area contributed by atoms with E-state index in [0.29, 0.717) is 28.1 Å². The van der Waals surface area contributed by atoms with Gasteiger partial charge in [0.15, 0.2) is 11.6 Å². The Kier molecular flexibility index (Phi) is 10.6. The zero-order chi connectivity index (χ0) is 35.1. The van der Waals surface area contributed by atoms with Gasteiger partial charge in [0, 0.05) is 22.7 Å². The smallest absolute Gasteiger partial charge is 0.335 e. The molecule has 0 unspecified atom stereocenters. The Balaban J connectivity index is 1.67. The van der Waals surface area contributed by atoms with Gasteiger partial charge in [-0.25, -0.2) is 9.18 Å². The summed E-state index contributed by atoms with van der Waals surface area (Å²) in [5.74, 6) is -10.4. The van der Waals surface area contributed by atoms with Crippen molar-refractivity contribution in [1.29, 1.82) is 0 Å². The number of H-pyrrole nitrogens is 1. The summed E-state index contributed by atoms with van der Waals surface area (Å²) >= 11 is 0. The normalized spacial score (nSPS) is 10.8. The van der Waals surface area contributed by atoms with Crippen LogP contribution in [0.1, 0.15) is 10.4 Å². The maximum absolute atomic E-state index is 14.9. The van der Waals surface area contributed by atoms with E-state index in [-0.39, 0.29) is 22.7 Å². The molecule has 15 nitrogen and oxygen atoms in total. The Labute approximate surface area is 268 Å². The molecule has 0 aliphatic heterocycles. The zero-order valence-electron chi connectivity index (χ0n) is 24.7. The molecule has 0 radical (unpaired) electrons. The standard InChI is InChI=1S/C31H27F2N3O12/c32-20-4-6-23(36(14-27(41)42)15-28(43)44)30(29(20)33)48-8-7-47-24-10-16(2-5-22(24)35(12-25(37)38)13-26(39)40)19-11-34-21-9-17(31(45)46)1-3-18(19)21/h1-6,9-11,34H,7-8,12-15H2,(H,37,38)(H,39,40)(H,41,42)(H,43,44)(H,45,46). The number of ether oxygens (including phenoxy) is 2. The van der Waals surface area contributed by atoms with Gasteiger partial charge in [-0.3, -0.25) is 19.2 Å². The number of carboxylic acids is 5. The van der Waals surface area contributed by atoms with E-state index in [2.05, 4.69) is 4.98 Å². The number of hydrogen-bond donors (Lipinski definition) is 6. The third kappa shape index (κ3) is 8.25. The average Bonchev–Trinajstić information content (AvgIpc) is 3.43. The first-order valence-corrected chi connectivity index (χ1v) is 13.8. The maximum Gasteiger partial charge on any atom is 0.335 e. The molecule has 48 heavy (non-hydrogen) atoms. The lowest BCUT2D eigenvalue weighted by molar-refractivity contribution is -0.138. The van der Waals surface area contributed by atoms with Gasteiger partial charge in [-0.1, -0.05) is 12.1 Å². The van der Waals surface area contributed by atoms with E-state index in [9.17, 15) is 58.3 Å². The molecule has 0 amide bonds. The Morgan fingerprint density at radius 1 is 0.688 bits per heavy atom. The molecule has 0 fully saturated rings. The molecule has 1 aromatic heterocycles. The van der Waals surface area contributed by atoms with Gasteiger partial charge in [-0.05, 0) is 42.0 Å². The third-order valence-electron chi connectivity index (χ3n) is 6.80. The lowest BCUT2D eigenvalue weighted by Crippen LogP contribution is -2.35. The summed E-state index contributed by atoms with van der Waals surface area (Å²) in [6, 6.07) is 10.5. The third-order valence-corrected chi connectivity index (χ3v) is 6.80. The highest BCUT2D eigenvalue weighted by Crippen LogP contribution is 2.37. The van der Waals surface area contributed by atoms with E-state index in [0.717, 1.165) is 15.9 Å². The summed E-state index contributed by atoms with van der Waals surface area (Å²) in [6.07, 6.45) is 1.60. The van der Waals surface area contributed by atoms with Gasteiger partial charge in [0.25, 0.3) is 0 Å². The van der Waals surface area contributed by atoms with Crippen LogP contribution in [0.3, 0.4) is 0 Å². The second-order valence-electron chi connectivity index (χ2n) is 10.1. The molecule has 0 bridgehead atoms. The first-order valence-electron chi connectivity index (χ1n) is 13.8. The lowest BCUT2D eigenvalue weighted by atomic mass is 10.0. The molecule has 0 saturated carbocycles. The molecule has 4 aromatic rings. The van der Waals surface area contributed by atoms with Crippen LogP contribution in [-0.4, -0.2) is 99.8 Å². The summed E-state index contributed by atoms with van der Waals surface area (Å²) in [4.78, 5) is 61.9. The first kappa shape index (κ1) is 34.5. The van der Waals surface area contributed by atoms with Crippen molar-refractivity contribution in [3.05, 3.63) is 71.9 Å². The molecule has 0 saturated heterocycles. The van der Waals surface area contributed by atoms with E-state index >= 15 is 0 Å². The van der Waals surface area contributed by atoms with Crippen LogP contribution in [-0.2, 0) is 19.2 Å². The fourth-order valence-corrected chi connectivity index (χ4v) is 4.87. The summed E-state index contributed by atoms with van der Waals surface area (Å²) in [5, 5.41) is 47.2. The molecule has 17 heteroatoms. The van der Waals surface area contributed by atoms with E-state index in [1.54, 1.807) is 18.3 Å². The van der Waals surface area contributed by atoms with Gasteiger partial charge in [0.2, 0.25) is 5.82 Å². The Bertz CT molecular complexity index is 1860. The number of carboxylic acid groups (broad SMARTS) is 5. The summed E-state index contributed by atoms with van der Waals surface area (Å²) < 4.78 is 40.3. The average molecular weight is 672 g/mol. The SMILES string of the molecule is O=C(O)CN(CC(=O)O)c1ccc(-c2c[nH]c3cc(C(=O)O)ccc23)cc1OCCOc1c(N(CC(=O)O)CC(=O)O)ccc(F)c1F. The molecule has 0 atom stereocenters. The number of benzene rings is 3. The van der Waals surface area contributed by atoms with Crippen LogP contribution in [0.4, 0.5) is 20.2 Å². The highest BCUT2D eigenvalue weighted by atomic mass is 19.2. The number of nitrogens with one attached hydrogen (secondary N) is 1. The number of aromatic amines is 1. The number of nitrogens with zero attached hydrogens (tertiary/aromatic N) is 2. The van der Waals surface area contributed by atoms with Crippen LogP contribution in [0, 0.1) is 11.6 Å². The molecule has 3 aromatic carbocycles. The van der Waals surface area contributed by atoms with Crippen molar-refractivity contribution in [2.24, 2.45) is 0 Å². The highest BCUT2D eigenvalue weighted by molar-refractivity contribution is 6.00. The van der Waals surface area contributed by atoms with Gasteiger partial charge >= 0.3 is 29.8 Å². The number of halogens is 2. The van der Waals surface area contributed by atoms with Crippen molar-refractivity contribution in [3.8, 4) is 22.6 Å². The van der Waals surface area contributed by atoms with E-state index < -0.39 is 86.6 Å². The molecule has 6 N–H and O–H groups in total. The second kappa shape index (κ2) is 14.8. The largest absolute Gasteiger partial charge is 0.488 e. The minimum absolute atomic E-state index is 0.0339. The minimum Gasteiger partial charge on any atom is -0.488 e. The number of hydrogen-bond acceptors (Lipinski definition) is 9. The molecule has 1 heterocycles. The van der Waals surface area contributed by atoms with Crippen molar-refractivity contribution >= 4 is 52.1 Å². The fourth-order valence-electron chi connectivity index (χ4n) is 4.87. The monoisotopic (exact) mass is 671 g/mol. The van der Waals surface area contributed by atoms with E-state index in [1.807, 2.05) is 0 Å². The van der Waals surface area contributed by atoms with Crippen LogP contribution in [0.15, 0.2) is 54.7 Å². The second-order valence-corrected chi connectivity index (χ2v) is 10.1. The van der Waals surface area contributed by atoms with Crippen molar-refractivity contribution in [1.82, 2.24) is 4.98 Å². The van der Waals surface area contributed by atoms with Gasteiger partial charge in [0.05, 0.1) is 16.9 Å². The predicted molar refractivity (Wildman–Crippen MR) is 163 cm³/mol. The van der Waals surface area contributed by atoms with Crippen molar-refractivity contribution in [2.75, 3.05) is 49.2 Å². The molecule has 0 aliphatic rings. The summed E-state index contributed by atoms with van der Waals surface area (Å²) in [5.41, 5.74) is 1.30. The number of aromatic nitrogens is 1. The van der Waals surface area contributed by atoms with Crippen LogP contribution >= 0.6 is 0 Å². The van der Waals surface area contributed by atoms with Crippen molar-refractivity contribution in [2.45, 2.75) is 0 Å². The molecule has 0 aliphatic carbocycles. The summed E-state index contributed by atoms with van der Waals surface area (Å²) in [7, 11) is 0. The number of fused-ring (bicyclic) bond motifs is 1. The minimum atomic E-state index is -1.52. The fraction of sp³-hybridized carbons (Fsp3) is 0.194. The number of rotatable bonds is 17. The van der Waals surface area contributed by atoms with Gasteiger partial charge in [0.1, 0.15) is 45.1 Å². The maximum atomic E-state index is 14.9. The van der Waals surface area contributed by atoms with Gasteiger partial charge < -0.3 is 49.8 Å². The van der Waals surface area contributed by atoms with Crippen LogP contribution in [0.5, 0.6) is 11.5 Å². The molecule has 4 rings (SSSR count). The predicted octanol–water partition coefficient (Wildman–Crippen LogP) is 3.22. The number of aliphatic carboxylic acids is 4. The van der Waals surface area contributed by atoms with Crippen molar-refractivity contribution < 1.29 is 67.8 Å². The summed E-state index contributed by atoms with van der Waals surface area (Å²) in [6.45, 7) is -4.17. The van der Waals surface area contributed by atoms with E-state index in [1.165, 1.54) is 24.3 Å². The lowest BCUT2D eigenvalue weighted by Gasteiger charge is -2.25. The van der Waals surface area contributed by atoms with Crippen LogP contribution < -0.4 is 19.3 Å². The van der Waals surface area contributed by atoms with Gasteiger partial charge in [-0.15, -0.1) is 0 Å². The number of anilines is 2. The zero-order valence-corrected chi connectivity index (χ0v) is 24.7. The Morgan fingerprint density at radius 3 is 1.83 bits per heavy atom. The topological polar surface area (TPSA) is 227 Å². The molecule has 0 spiro atoms. The number of carbonyl (C=O) groups is 5. The molecule has 252 valence electrons. The molecular formula is C31H27F2N3O12. The van der Waals surface area contributed by atoms with Crippen LogP contribution in [0.2, 0.25) is 0 Å². The quantitative estimate of drug-likeness (QED) is 0.0887. The number of aromatic carboxylic acids is 1. The first-order chi connectivity index (χ1) is 22.7. The van der Waals surface area contributed by atoms with Crippen molar-refractivity contribution in [3.63, 3.8) is 0 Å². The highest BCUT2D eigenvalue weighted by Gasteiger charge is 2.24. The van der Waals surface area contributed by atoms with Crippen LogP contribution in [0.25, 0.3) is 22.0 Å². The van der Waals surface area contributed by atoms with E-state index in [4.69, 9.17) is 9.47 Å². The Morgan fingerprint density at radius 2 is 1.25 bits per heavy atom. The molecular weight excluding hydrogens is 644 g/mol.